The predicted octanol–water partition coefficient (Wildman–Crippen LogP) is 4.59. The van der Waals surface area contributed by atoms with Gasteiger partial charge in [0.25, 0.3) is 0 Å². The van der Waals surface area contributed by atoms with Gasteiger partial charge in [0.15, 0.2) is 0 Å². The summed E-state index contributed by atoms with van der Waals surface area (Å²) in [5.41, 5.74) is 4.03. The van der Waals surface area contributed by atoms with Crippen LogP contribution in [-0.4, -0.2) is 0 Å². The third-order valence-corrected chi connectivity index (χ3v) is 4.52. The molecule has 0 amide bonds. The van der Waals surface area contributed by atoms with E-state index in [9.17, 15) is 0 Å². The first-order valence-corrected chi connectivity index (χ1v) is 7.66. The van der Waals surface area contributed by atoms with Crippen LogP contribution in [0.15, 0.2) is 30.9 Å². The number of hydrogen-bond donors (Lipinski definition) is 2. The van der Waals surface area contributed by atoms with Crippen molar-refractivity contribution in [1.29, 1.82) is 0 Å². The molecule has 0 bridgehead atoms. The van der Waals surface area contributed by atoms with E-state index in [2.05, 4.69) is 40.7 Å². The molecule has 3 N–H and O–H groups in total. The normalized spacial score (nSPS) is 12.4. The molecule has 0 fully saturated rings. The number of allylic oxidation sites excluding steroid dienone is 1. The van der Waals surface area contributed by atoms with Gasteiger partial charge in [0.1, 0.15) is 0 Å². The van der Waals surface area contributed by atoms with Crippen LogP contribution < -0.4 is 11.3 Å². The van der Waals surface area contributed by atoms with Crippen LogP contribution in [0.3, 0.4) is 0 Å². The monoisotopic (exact) mass is 378 g/mol. The Morgan fingerprint density at radius 1 is 1.39 bits per heavy atom. The summed E-state index contributed by atoms with van der Waals surface area (Å²) in [7, 11) is 0. The fourth-order valence-electron chi connectivity index (χ4n) is 1.89. The number of halogens is 2. The molecular weight excluding hydrogens is 359 g/mol. The van der Waals surface area contributed by atoms with Crippen LogP contribution in [0.4, 0.5) is 0 Å². The highest BCUT2D eigenvalue weighted by molar-refractivity contribution is 14.1. The average Bonchev–Trinajstić information content (AvgIpc) is 2.37. The minimum atomic E-state index is 0.184. The number of nitrogens with two attached hydrogens (primary N) is 1. The maximum Gasteiger partial charge on any atom is 0.0542 e. The van der Waals surface area contributed by atoms with E-state index in [1.807, 2.05) is 18.2 Å². The van der Waals surface area contributed by atoms with Gasteiger partial charge in [-0.1, -0.05) is 36.6 Å². The molecule has 1 unspecified atom stereocenters. The summed E-state index contributed by atoms with van der Waals surface area (Å²) < 4.78 is 1.07. The molecule has 0 saturated carbocycles. The van der Waals surface area contributed by atoms with Gasteiger partial charge in [0.05, 0.1) is 5.02 Å². The van der Waals surface area contributed by atoms with Gasteiger partial charge in [0.2, 0.25) is 0 Å². The summed E-state index contributed by atoms with van der Waals surface area (Å²) in [5.74, 6) is 5.62. The molecule has 0 heterocycles. The van der Waals surface area contributed by atoms with E-state index >= 15 is 0 Å². The second-order valence-corrected chi connectivity index (χ2v) is 5.89. The molecule has 0 aliphatic rings. The van der Waals surface area contributed by atoms with Crippen molar-refractivity contribution in [3.8, 4) is 0 Å². The number of hydrazine groups is 1. The second kappa shape index (κ2) is 8.91. The molecule has 0 aliphatic carbocycles. The molecule has 18 heavy (non-hydrogen) atoms. The van der Waals surface area contributed by atoms with Crippen molar-refractivity contribution >= 4 is 34.2 Å². The van der Waals surface area contributed by atoms with Gasteiger partial charge in [-0.25, -0.2) is 0 Å². The SMILES string of the molecule is C=CCCCCCC(NN)c1ccc(I)c(Cl)c1. The van der Waals surface area contributed by atoms with E-state index in [0.717, 1.165) is 33.4 Å². The maximum absolute atomic E-state index is 6.13. The van der Waals surface area contributed by atoms with Crippen LogP contribution in [0.2, 0.25) is 5.02 Å². The van der Waals surface area contributed by atoms with Crippen LogP contribution in [0.5, 0.6) is 0 Å². The van der Waals surface area contributed by atoms with Gasteiger partial charge in [0, 0.05) is 9.61 Å². The van der Waals surface area contributed by atoms with Crippen LogP contribution in [-0.2, 0) is 0 Å². The zero-order chi connectivity index (χ0) is 13.4. The Balaban J connectivity index is 2.49. The molecule has 0 radical (unpaired) electrons. The average molecular weight is 379 g/mol. The van der Waals surface area contributed by atoms with Crippen LogP contribution in [0, 0.1) is 3.57 Å². The van der Waals surface area contributed by atoms with Crippen LogP contribution >= 0.6 is 34.2 Å². The highest BCUT2D eigenvalue weighted by atomic mass is 127. The molecule has 1 rings (SSSR count). The predicted molar refractivity (Wildman–Crippen MR) is 87.5 cm³/mol. The molecule has 0 aliphatic heterocycles. The number of benzene rings is 1. The largest absolute Gasteiger partial charge is 0.271 e. The fraction of sp³-hybridized carbons (Fsp3) is 0.429. The van der Waals surface area contributed by atoms with Crippen molar-refractivity contribution in [3.05, 3.63) is 45.0 Å². The zero-order valence-electron chi connectivity index (χ0n) is 10.5. The third kappa shape index (κ3) is 5.26. The van der Waals surface area contributed by atoms with Crippen molar-refractivity contribution in [2.24, 2.45) is 5.84 Å². The van der Waals surface area contributed by atoms with Crippen molar-refractivity contribution in [3.63, 3.8) is 0 Å². The Bertz CT molecular complexity index is 382. The molecule has 1 atom stereocenters. The Morgan fingerprint density at radius 3 is 2.78 bits per heavy atom. The molecule has 0 saturated heterocycles. The smallest absolute Gasteiger partial charge is 0.0542 e. The minimum absolute atomic E-state index is 0.184. The van der Waals surface area contributed by atoms with Gasteiger partial charge in [-0.05, 0) is 59.5 Å². The fourth-order valence-corrected chi connectivity index (χ4v) is 2.41. The summed E-state index contributed by atoms with van der Waals surface area (Å²) in [4.78, 5) is 0. The Labute approximate surface area is 128 Å². The number of unbranched alkanes of at least 4 members (excludes halogenated alkanes) is 3. The lowest BCUT2D eigenvalue weighted by Crippen LogP contribution is -2.28. The topological polar surface area (TPSA) is 38.0 Å². The molecule has 1 aromatic carbocycles. The summed E-state index contributed by atoms with van der Waals surface area (Å²) in [5, 5.41) is 0.792. The highest BCUT2D eigenvalue weighted by Crippen LogP contribution is 2.25. The number of rotatable bonds is 8. The maximum atomic E-state index is 6.13. The van der Waals surface area contributed by atoms with E-state index in [1.165, 1.54) is 12.8 Å². The molecule has 100 valence electrons. The Morgan fingerprint density at radius 2 is 2.17 bits per heavy atom. The van der Waals surface area contributed by atoms with Gasteiger partial charge >= 0.3 is 0 Å². The van der Waals surface area contributed by atoms with Crippen molar-refractivity contribution in [2.45, 2.75) is 38.1 Å². The van der Waals surface area contributed by atoms with E-state index in [0.29, 0.717) is 0 Å². The summed E-state index contributed by atoms with van der Waals surface area (Å²) >= 11 is 8.36. The standard InChI is InChI=1S/C14H20ClIN2/c1-2-3-4-5-6-7-14(18-17)11-8-9-13(16)12(15)10-11/h2,8-10,14,18H,1,3-7,17H2. The van der Waals surface area contributed by atoms with E-state index in [-0.39, 0.29) is 6.04 Å². The molecular formula is C14H20ClIN2. The zero-order valence-corrected chi connectivity index (χ0v) is 13.4. The van der Waals surface area contributed by atoms with Gasteiger partial charge < -0.3 is 0 Å². The molecule has 2 nitrogen and oxygen atoms in total. The van der Waals surface area contributed by atoms with Gasteiger partial charge in [-0.2, -0.15) is 0 Å². The van der Waals surface area contributed by atoms with Crippen molar-refractivity contribution in [2.75, 3.05) is 0 Å². The molecule has 1 aromatic rings. The first-order valence-electron chi connectivity index (χ1n) is 6.21. The van der Waals surface area contributed by atoms with Gasteiger partial charge in [-0.3, -0.25) is 11.3 Å². The first kappa shape index (κ1) is 16.0. The van der Waals surface area contributed by atoms with E-state index in [1.54, 1.807) is 0 Å². The quantitative estimate of drug-likeness (QED) is 0.228. The van der Waals surface area contributed by atoms with Gasteiger partial charge in [-0.15, -0.1) is 6.58 Å². The Kier molecular flexibility index (Phi) is 7.90. The van der Waals surface area contributed by atoms with Crippen molar-refractivity contribution < 1.29 is 0 Å². The molecule has 4 heteroatoms. The van der Waals surface area contributed by atoms with E-state index < -0.39 is 0 Å². The van der Waals surface area contributed by atoms with E-state index in [4.69, 9.17) is 17.4 Å². The summed E-state index contributed by atoms with van der Waals surface area (Å²) in [6.07, 6.45) is 7.67. The third-order valence-electron chi connectivity index (χ3n) is 2.95. The molecule has 0 aromatic heterocycles. The summed E-state index contributed by atoms with van der Waals surface area (Å²) in [6.45, 7) is 3.73. The number of hydrogen-bond acceptors (Lipinski definition) is 2. The minimum Gasteiger partial charge on any atom is -0.271 e. The Hall–Kier alpha value is -0.100. The number of nitrogens with one attached hydrogen (secondary N) is 1. The van der Waals surface area contributed by atoms with Crippen molar-refractivity contribution in [1.82, 2.24) is 5.43 Å². The lowest BCUT2D eigenvalue weighted by atomic mass is 10.0. The van der Waals surface area contributed by atoms with Crippen LogP contribution in [0.1, 0.15) is 43.7 Å². The summed E-state index contributed by atoms with van der Waals surface area (Å²) in [6, 6.07) is 6.29. The van der Waals surface area contributed by atoms with Crippen LogP contribution in [0.25, 0.3) is 0 Å². The lowest BCUT2D eigenvalue weighted by Gasteiger charge is -2.16. The molecule has 0 spiro atoms. The second-order valence-electron chi connectivity index (χ2n) is 4.32. The highest BCUT2D eigenvalue weighted by Gasteiger charge is 2.10. The lowest BCUT2D eigenvalue weighted by molar-refractivity contribution is 0.484. The first-order chi connectivity index (χ1) is 8.69.